The minimum atomic E-state index is -0.943. The van der Waals surface area contributed by atoms with E-state index in [1.165, 1.54) is 0 Å². The third kappa shape index (κ3) is 59.3. The Labute approximate surface area is 75.2 Å². The van der Waals surface area contributed by atoms with Crippen molar-refractivity contribution >= 4 is 6.09 Å². The molecule has 0 aliphatic heterocycles. The number of hydrogen-bond acceptors (Lipinski definition) is 1. The van der Waals surface area contributed by atoms with Crippen LogP contribution in [-0.2, 0) is 0 Å². The Morgan fingerprint density at radius 2 is 1.67 bits per heavy atom. The molecule has 74 valence electrons. The molecular weight excluding hydrogens is 154 g/mol. The van der Waals surface area contributed by atoms with E-state index in [0.29, 0.717) is 12.0 Å². The van der Waals surface area contributed by atoms with Gasteiger partial charge in [0.15, 0.2) is 0 Å². The van der Waals surface area contributed by atoms with Crippen LogP contribution in [0.3, 0.4) is 0 Å². The van der Waals surface area contributed by atoms with E-state index in [9.17, 15) is 4.79 Å². The monoisotopic (exact) mass is 175 g/mol. The summed E-state index contributed by atoms with van der Waals surface area (Å²) < 4.78 is 0. The molecule has 3 heteroatoms. The van der Waals surface area contributed by atoms with Gasteiger partial charge in [0.1, 0.15) is 0 Å². The molecule has 0 aromatic carbocycles. The van der Waals surface area contributed by atoms with Gasteiger partial charge in [-0.3, -0.25) is 0 Å². The van der Waals surface area contributed by atoms with Gasteiger partial charge in [-0.2, -0.15) is 0 Å². The Morgan fingerprint density at radius 1 is 1.33 bits per heavy atom. The number of carboxylic acid groups (broad SMARTS) is 1. The van der Waals surface area contributed by atoms with Crippen LogP contribution in [0.1, 0.15) is 41.0 Å². The Morgan fingerprint density at radius 3 is 1.75 bits per heavy atom. The topological polar surface area (TPSA) is 49.3 Å². The van der Waals surface area contributed by atoms with Gasteiger partial charge in [0.25, 0.3) is 0 Å². The average molecular weight is 175 g/mol. The van der Waals surface area contributed by atoms with Crippen LogP contribution in [0.5, 0.6) is 0 Å². The van der Waals surface area contributed by atoms with Crippen molar-refractivity contribution < 1.29 is 9.90 Å². The SMILES string of the molecule is CC(C)(C)C.CCCNC(=O)O. The van der Waals surface area contributed by atoms with E-state index in [1.807, 2.05) is 6.92 Å². The van der Waals surface area contributed by atoms with E-state index in [-0.39, 0.29) is 0 Å². The van der Waals surface area contributed by atoms with Crippen molar-refractivity contribution in [2.24, 2.45) is 5.41 Å². The predicted molar refractivity (Wildman–Crippen MR) is 51.4 cm³/mol. The first-order valence-corrected chi connectivity index (χ1v) is 4.24. The molecule has 0 radical (unpaired) electrons. The molecule has 2 N–H and O–H groups in total. The van der Waals surface area contributed by atoms with Crippen molar-refractivity contribution in [3.63, 3.8) is 0 Å². The highest BCUT2D eigenvalue weighted by Crippen LogP contribution is 2.07. The van der Waals surface area contributed by atoms with Crippen LogP contribution >= 0.6 is 0 Å². The lowest BCUT2D eigenvalue weighted by Crippen LogP contribution is -2.20. The van der Waals surface area contributed by atoms with Crippen LogP contribution in [0.2, 0.25) is 0 Å². The van der Waals surface area contributed by atoms with Crippen molar-refractivity contribution in [3.05, 3.63) is 0 Å². The second-order valence-corrected chi connectivity index (χ2v) is 4.23. The summed E-state index contributed by atoms with van der Waals surface area (Å²) in [6, 6.07) is 0. The summed E-state index contributed by atoms with van der Waals surface area (Å²) in [5.74, 6) is 0. The van der Waals surface area contributed by atoms with Crippen LogP contribution in [0.25, 0.3) is 0 Å². The summed E-state index contributed by atoms with van der Waals surface area (Å²) in [6.07, 6.45) is -0.0893. The van der Waals surface area contributed by atoms with Crippen molar-refractivity contribution in [3.8, 4) is 0 Å². The zero-order valence-corrected chi connectivity index (χ0v) is 8.77. The quantitative estimate of drug-likeness (QED) is 0.678. The molecule has 0 bridgehead atoms. The number of rotatable bonds is 2. The number of amides is 1. The first kappa shape index (κ1) is 13.8. The van der Waals surface area contributed by atoms with Gasteiger partial charge in [0.2, 0.25) is 0 Å². The molecule has 1 amide bonds. The standard InChI is InChI=1S/C5H12.C4H9NO2/c1-5(2,3)4;1-2-3-5-4(6)7/h1-4H3;5H,2-3H2,1H3,(H,6,7). The Kier molecular flexibility index (Phi) is 8.01. The fraction of sp³-hybridized carbons (Fsp3) is 0.889. The minimum absolute atomic E-state index is 0.500. The van der Waals surface area contributed by atoms with E-state index in [1.54, 1.807) is 0 Å². The fourth-order valence-corrected chi connectivity index (χ4v) is 0.232. The van der Waals surface area contributed by atoms with E-state index < -0.39 is 6.09 Å². The Balaban J connectivity index is 0. The van der Waals surface area contributed by atoms with E-state index in [2.05, 4.69) is 33.0 Å². The zero-order valence-electron chi connectivity index (χ0n) is 8.77. The second-order valence-electron chi connectivity index (χ2n) is 4.23. The number of hydrogen-bond donors (Lipinski definition) is 2. The molecule has 0 aromatic rings. The first-order chi connectivity index (χ1) is 5.27. The average Bonchev–Trinajstić information content (AvgIpc) is 1.79. The molecule has 0 saturated carbocycles. The maximum absolute atomic E-state index is 9.65. The van der Waals surface area contributed by atoms with Crippen molar-refractivity contribution in [1.82, 2.24) is 5.32 Å². The smallest absolute Gasteiger partial charge is 0.404 e. The predicted octanol–water partition coefficient (Wildman–Crippen LogP) is 2.72. The van der Waals surface area contributed by atoms with Crippen LogP contribution in [0.4, 0.5) is 4.79 Å². The molecular formula is C9H21NO2. The molecule has 0 atom stereocenters. The summed E-state index contributed by atoms with van der Waals surface area (Å²) >= 11 is 0. The van der Waals surface area contributed by atoms with Crippen LogP contribution in [0, 0.1) is 5.41 Å². The number of carbonyl (C=O) groups is 1. The maximum atomic E-state index is 9.65. The molecule has 0 aliphatic rings. The highest BCUT2D eigenvalue weighted by atomic mass is 16.4. The first-order valence-electron chi connectivity index (χ1n) is 4.24. The van der Waals surface area contributed by atoms with Crippen molar-refractivity contribution in [2.75, 3.05) is 6.54 Å². The molecule has 12 heavy (non-hydrogen) atoms. The second kappa shape index (κ2) is 6.95. The van der Waals surface area contributed by atoms with Crippen LogP contribution in [0.15, 0.2) is 0 Å². The summed E-state index contributed by atoms with van der Waals surface area (Å²) in [6.45, 7) is 11.2. The van der Waals surface area contributed by atoms with Gasteiger partial charge >= 0.3 is 6.09 Å². The largest absolute Gasteiger partial charge is 0.465 e. The normalized spacial score (nSPS) is 9.75. The van der Waals surface area contributed by atoms with Crippen LogP contribution in [-0.4, -0.2) is 17.7 Å². The van der Waals surface area contributed by atoms with Gasteiger partial charge in [-0.1, -0.05) is 34.6 Å². The van der Waals surface area contributed by atoms with Gasteiger partial charge in [0.05, 0.1) is 0 Å². The summed E-state index contributed by atoms with van der Waals surface area (Å²) in [5, 5.41) is 10.1. The third-order valence-electron chi connectivity index (χ3n) is 0.526. The van der Waals surface area contributed by atoms with Gasteiger partial charge in [-0.15, -0.1) is 0 Å². The highest BCUT2D eigenvalue weighted by Gasteiger charge is 1.95. The lowest BCUT2D eigenvalue weighted by Gasteiger charge is -2.05. The van der Waals surface area contributed by atoms with Gasteiger partial charge < -0.3 is 10.4 Å². The highest BCUT2D eigenvalue weighted by molar-refractivity contribution is 5.64. The fourth-order valence-electron chi connectivity index (χ4n) is 0.232. The van der Waals surface area contributed by atoms with E-state index >= 15 is 0 Å². The summed E-state index contributed by atoms with van der Waals surface area (Å²) in [5.41, 5.74) is 0.500. The lowest BCUT2D eigenvalue weighted by molar-refractivity contribution is 0.194. The molecule has 0 aliphatic carbocycles. The van der Waals surface area contributed by atoms with Gasteiger partial charge in [-0.05, 0) is 11.8 Å². The van der Waals surface area contributed by atoms with Crippen LogP contribution < -0.4 is 5.32 Å². The molecule has 0 saturated heterocycles. The third-order valence-corrected chi connectivity index (χ3v) is 0.526. The van der Waals surface area contributed by atoms with E-state index in [4.69, 9.17) is 5.11 Å². The van der Waals surface area contributed by atoms with Crippen molar-refractivity contribution in [1.29, 1.82) is 0 Å². The molecule has 0 unspecified atom stereocenters. The number of nitrogens with one attached hydrogen (secondary N) is 1. The molecule has 3 nitrogen and oxygen atoms in total. The molecule has 0 heterocycles. The van der Waals surface area contributed by atoms with E-state index in [0.717, 1.165) is 6.42 Å². The zero-order chi connectivity index (χ0) is 10.2. The molecule has 0 spiro atoms. The van der Waals surface area contributed by atoms with Gasteiger partial charge in [0, 0.05) is 6.54 Å². The van der Waals surface area contributed by atoms with Gasteiger partial charge in [-0.25, -0.2) is 4.79 Å². The maximum Gasteiger partial charge on any atom is 0.404 e. The molecule has 0 fully saturated rings. The Bertz CT molecular complexity index is 110. The lowest BCUT2D eigenvalue weighted by atomic mass is 10.0. The molecule has 0 rings (SSSR count). The van der Waals surface area contributed by atoms with Crippen molar-refractivity contribution in [2.45, 2.75) is 41.0 Å². The summed E-state index contributed by atoms with van der Waals surface area (Å²) in [4.78, 5) is 9.65. The summed E-state index contributed by atoms with van der Waals surface area (Å²) in [7, 11) is 0. The Hall–Kier alpha value is -0.730. The molecule has 0 aromatic heterocycles. The minimum Gasteiger partial charge on any atom is -0.465 e.